The van der Waals surface area contributed by atoms with Crippen LogP contribution in [0.5, 0.6) is 5.75 Å². The lowest BCUT2D eigenvalue weighted by molar-refractivity contribution is -0.119. The van der Waals surface area contributed by atoms with Crippen LogP contribution in [-0.2, 0) is 15.3 Å². The minimum atomic E-state index is -0.336. The number of carbonyl (C=O) groups is 2. The molecule has 0 N–H and O–H groups in total. The molecule has 2 amide bonds. The van der Waals surface area contributed by atoms with Gasteiger partial charge in [0.1, 0.15) is 11.5 Å². The number of furan rings is 1. The Morgan fingerprint density at radius 3 is 2.44 bits per heavy atom. The number of ether oxygens (including phenoxy) is 1. The van der Waals surface area contributed by atoms with Crippen LogP contribution in [0.1, 0.15) is 18.2 Å². The lowest BCUT2D eigenvalue weighted by atomic mass is 10.1. The zero-order chi connectivity index (χ0) is 22.7. The van der Waals surface area contributed by atoms with Crippen LogP contribution in [0.3, 0.4) is 0 Å². The molecule has 1 aliphatic heterocycles. The maximum absolute atomic E-state index is 13.5. The summed E-state index contributed by atoms with van der Waals surface area (Å²) in [5.74, 6) is 1.24. The van der Waals surface area contributed by atoms with Crippen molar-refractivity contribution in [1.82, 2.24) is 0 Å². The molecule has 0 aliphatic carbocycles. The molecule has 0 fully saturated rings. The fraction of sp³-hybridized carbons (Fsp3) is 0.200. The van der Waals surface area contributed by atoms with Gasteiger partial charge in [-0.3, -0.25) is 9.59 Å². The van der Waals surface area contributed by atoms with Gasteiger partial charge in [0.25, 0.3) is 11.8 Å². The van der Waals surface area contributed by atoms with E-state index in [4.69, 9.17) is 9.15 Å². The van der Waals surface area contributed by atoms with Crippen molar-refractivity contribution >= 4 is 40.5 Å². The van der Waals surface area contributed by atoms with Crippen molar-refractivity contribution in [3.8, 4) is 5.75 Å². The Hall–Kier alpha value is -3.45. The van der Waals surface area contributed by atoms with E-state index in [0.717, 1.165) is 11.4 Å². The Morgan fingerprint density at radius 2 is 1.78 bits per heavy atom. The number of rotatable bonds is 8. The van der Waals surface area contributed by atoms with Crippen molar-refractivity contribution in [1.29, 1.82) is 0 Å². The fourth-order valence-corrected chi connectivity index (χ4v) is 4.48. The number of benzene rings is 2. The highest BCUT2D eigenvalue weighted by Crippen LogP contribution is 2.40. The minimum Gasteiger partial charge on any atom is -0.494 e. The van der Waals surface area contributed by atoms with E-state index in [9.17, 15) is 9.59 Å². The number of amides is 2. The van der Waals surface area contributed by atoms with E-state index in [0.29, 0.717) is 39.8 Å². The molecule has 7 heteroatoms. The molecule has 164 valence electrons. The molecule has 0 bridgehead atoms. The first-order valence-corrected chi connectivity index (χ1v) is 11.3. The Morgan fingerprint density at radius 1 is 1.00 bits per heavy atom. The summed E-state index contributed by atoms with van der Waals surface area (Å²) in [7, 11) is 3.84. The molecule has 0 unspecified atom stereocenters. The molecule has 3 aromatic rings. The monoisotopic (exact) mass is 448 g/mol. The predicted octanol–water partition coefficient (Wildman–Crippen LogP) is 4.96. The molecule has 0 spiro atoms. The zero-order valence-corrected chi connectivity index (χ0v) is 19.0. The topological polar surface area (TPSA) is 63.0 Å². The summed E-state index contributed by atoms with van der Waals surface area (Å²) in [6.07, 6.45) is 1.60. The molecule has 0 saturated heterocycles. The van der Waals surface area contributed by atoms with E-state index in [1.165, 1.54) is 16.7 Å². The third kappa shape index (κ3) is 4.29. The molecule has 0 saturated carbocycles. The van der Waals surface area contributed by atoms with E-state index >= 15 is 0 Å². The lowest BCUT2D eigenvalue weighted by Gasteiger charge is -2.19. The normalized spacial score (nSPS) is 13.8. The smallest absolute Gasteiger partial charge is 0.272 e. The van der Waals surface area contributed by atoms with Gasteiger partial charge in [-0.15, -0.1) is 11.8 Å². The number of nitrogens with zero attached hydrogens (tertiary/aromatic N) is 2. The number of anilines is 2. The van der Waals surface area contributed by atoms with Crippen LogP contribution in [0, 0.1) is 0 Å². The Bertz CT molecular complexity index is 1150. The van der Waals surface area contributed by atoms with Gasteiger partial charge in [0.15, 0.2) is 0 Å². The summed E-state index contributed by atoms with van der Waals surface area (Å²) < 4.78 is 10.9. The van der Waals surface area contributed by atoms with Gasteiger partial charge >= 0.3 is 0 Å². The molecule has 2 heterocycles. The highest BCUT2D eigenvalue weighted by atomic mass is 32.2. The van der Waals surface area contributed by atoms with E-state index in [2.05, 4.69) is 0 Å². The third-order valence-electron chi connectivity index (χ3n) is 5.04. The van der Waals surface area contributed by atoms with Crippen molar-refractivity contribution in [2.75, 3.05) is 30.5 Å². The summed E-state index contributed by atoms with van der Waals surface area (Å²) in [5, 5.41) is 0. The fourth-order valence-electron chi connectivity index (χ4n) is 3.47. The first-order chi connectivity index (χ1) is 15.5. The largest absolute Gasteiger partial charge is 0.494 e. The van der Waals surface area contributed by atoms with E-state index in [-0.39, 0.29) is 11.8 Å². The van der Waals surface area contributed by atoms with Crippen LogP contribution in [0.2, 0.25) is 0 Å². The number of thioether (sulfide) groups is 1. The molecule has 0 radical (unpaired) electrons. The molecule has 1 aromatic heterocycles. The molecule has 0 atom stereocenters. The SMILES string of the molecule is CCOc1ccc(C2=C(SCc3ccco3)C(=O)N(c3cccc(N(C)C)c3)C2=O)cc1. The average molecular weight is 449 g/mol. The van der Waals surface area contributed by atoms with Crippen LogP contribution >= 0.6 is 11.8 Å². The number of carbonyl (C=O) groups excluding carboxylic acids is 2. The van der Waals surface area contributed by atoms with Crippen molar-refractivity contribution < 1.29 is 18.7 Å². The van der Waals surface area contributed by atoms with Crippen LogP contribution in [-0.4, -0.2) is 32.5 Å². The van der Waals surface area contributed by atoms with E-state index < -0.39 is 0 Å². The van der Waals surface area contributed by atoms with Gasteiger partial charge in [0.05, 0.1) is 34.8 Å². The van der Waals surface area contributed by atoms with Crippen LogP contribution < -0.4 is 14.5 Å². The van der Waals surface area contributed by atoms with Gasteiger partial charge in [0.2, 0.25) is 0 Å². The molecule has 1 aliphatic rings. The van der Waals surface area contributed by atoms with Gasteiger partial charge in [0, 0.05) is 19.8 Å². The average Bonchev–Trinajstić information content (AvgIpc) is 3.39. The summed E-state index contributed by atoms with van der Waals surface area (Å²) in [6, 6.07) is 18.3. The first-order valence-electron chi connectivity index (χ1n) is 10.3. The molecule has 2 aromatic carbocycles. The maximum atomic E-state index is 13.5. The molecule has 6 nitrogen and oxygen atoms in total. The third-order valence-corrected chi connectivity index (χ3v) is 6.13. The summed E-state index contributed by atoms with van der Waals surface area (Å²) in [6.45, 7) is 2.47. The molecular formula is C25H24N2O4S. The second-order valence-corrected chi connectivity index (χ2v) is 8.38. The number of imide groups is 1. The zero-order valence-electron chi connectivity index (χ0n) is 18.2. The van der Waals surface area contributed by atoms with Crippen LogP contribution in [0.4, 0.5) is 11.4 Å². The van der Waals surface area contributed by atoms with Crippen molar-refractivity contribution in [3.05, 3.63) is 83.2 Å². The maximum Gasteiger partial charge on any atom is 0.272 e. The minimum absolute atomic E-state index is 0.327. The van der Waals surface area contributed by atoms with Gasteiger partial charge in [-0.1, -0.05) is 18.2 Å². The van der Waals surface area contributed by atoms with Gasteiger partial charge < -0.3 is 14.1 Å². The lowest BCUT2D eigenvalue weighted by Crippen LogP contribution is -2.31. The van der Waals surface area contributed by atoms with Crippen molar-refractivity contribution in [2.24, 2.45) is 0 Å². The van der Waals surface area contributed by atoms with Crippen molar-refractivity contribution in [3.63, 3.8) is 0 Å². The number of hydrogen-bond acceptors (Lipinski definition) is 6. The number of hydrogen-bond donors (Lipinski definition) is 0. The van der Waals surface area contributed by atoms with Gasteiger partial charge in [-0.2, -0.15) is 0 Å². The van der Waals surface area contributed by atoms with Gasteiger partial charge in [-0.25, -0.2) is 4.90 Å². The van der Waals surface area contributed by atoms with E-state index in [1.807, 2.05) is 74.4 Å². The summed E-state index contributed by atoms with van der Waals surface area (Å²) >= 11 is 1.31. The van der Waals surface area contributed by atoms with E-state index in [1.54, 1.807) is 18.4 Å². The van der Waals surface area contributed by atoms with Crippen molar-refractivity contribution in [2.45, 2.75) is 12.7 Å². The Balaban J connectivity index is 1.73. The second-order valence-electron chi connectivity index (χ2n) is 7.39. The Kier molecular flexibility index (Phi) is 6.37. The quantitative estimate of drug-likeness (QED) is 0.454. The highest BCUT2D eigenvalue weighted by molar-refractivity contribution is 8.03. The highest BCUT2D eigenvalue weighted by Gasteiger charge is 2.40. The molecule has 32 heavy (non-hydrogen) atoms. The molecule has 4 rings (SSSR count). The first kappa shape index (κ1) is 21.8. The summed E-state index contributed by atoms with van der Waals surface area (Å²) in [5.41, 5.74) is 2.52. The predicted molar refractivity (Wildman–Crippen MR) is 128 cm³/mol. The summed E-state index contributed by atoms with van der Waals surface area (Å²) in [4.78, 5) is 30.6. The second kappa shape index (κ2) is 9.36. The standard InChI is InChI=1S/C25H24N2O4S/c1-4-30-20-12-10-17(11-13-20)22-23(32-16-21-9-6-14-31-21)25(29)27(24(22)28)19-8-5-7-18(15-19)26(2)3/h5-15H,4,16H2,1-3H3. The van der Waals surface area contributed by atoms with Crippen LogP contribution in [0.15, 0.2) is 76.2 Å². The molecular weight excluding hydrogens is 424 g/mol. The van der Waals surface area contributed by atoms with Crippen LogP contribution in [0.25, 0.3) is 5.57 Å². The van der Waals surface area contributed by atoms with Gasteiger partial charge in [-0.05, 0) is 55.0 Å². The Labute approximate surface area is 191 Å².